The zero-order valence-corrected chi connectivity index (χ0v) is 27.2. The van der Waals surface area contributed by atoms with Crippen molar-refractivity contribution in [3.63, 3.8) is 0 Å². The number of amides is 1. The van der Waals surface area contributed by atoms with Gasteiger partial charge in [-0.2, -0.15) is 4.36 Å². The minimum absolute atomic E-state index is 0.0211. The van der Waals surface area contributed by atoms with Crippen molar-refractivity contribution in [1.29, 1.82) is 0 Å². The Bertz CT molecular complexity index is 1420. The summed E-state index contributed by atoms with van der Waals surface area (Å²) in [5.41, 5.74) is 4.03. The van der Waals surface area contributed by atoms with E-state index in [-0.39, 0.29) is 23.5 Å². The number of anilines is 1. The van der Waals surface area contributed by atoms with E-state index in [9.17, 15) is 9.00 Å². The summed E-state index contributed by atoms with van der Waals surface area (Å²) in [6.07, 6.45) is 4.22. The lowest BCUT2D eigenvalue weighted by atomic mass is 9.70. The minimum atomic E-state index is -2.06. The molecule has 7 nitrogen and oxygen atoms in total. The first-order valence-corrected chi connectivity index (χ1v) is 17.5. The first-order chi connectivity index (χ1) is 20.7. The predicted octanol–water partition coefficient (Wildman–Crippen LogP) is 5.94. The number of benzene rings is 2. The number of hydrogen-bond donors (Lipinski definition) is 1. The molecule has 0 aromatic heterocycles. The summed E-state index contributed by atoms with van der Waals surface area (Å²) in [6.45, 7) is 11.9. The van der Waals surface area contributed by atoms with E-state index in [0.717, 1.165) is 50.2 Å². The zero-order valence-electron chi connectivity index (χ0n) is 26.3. The molecule has 3 heterocycles. The van der Waals surface area contributed by atoms with Crippen LogP contribution in [0.2, 0.25) is 0 Å². The number of thiol groups is 1. The molecule has 1 fully saturated rings. The number of fused-ring (bicyclic) bond motifs is 4. The number of ether oxygens (including phenoxy) is 3. The van der Waals surface area contributed by atoms with Gasteiger partial charge >= 0.3 is 0 Å². The summed E-state index contributed by atoms with van der Waals surface area (Å²) in [4.78, 5) is 15.8. The Kier molecular flexibility index (Phi) is 8.91. The van der Waals surface area contributed by atoms with Gasteiger partial charge in [-0.3, -0.25) is 9.00 Å². The van der Waals surface area contributed by atoms with Gasteiger partial charge in [0.1, 0.15) is 5.75 Å². The smallest absolute Gasteiger partial charge is 0.284 e. The highest BCUT2D eigenvalue weighted by atomic mass is 32.2. The molecule has 2 bridgehead atoms. The molecule has 2 aromatic rings. The molecule has 0 saturated carbocycles. The van der Waals surface area contributed by atoms with E-state index in [0.29, 0.717) is 48.2 Å². The largest absolute Gasteiger partial charge is 0.490 e. The Balaban J connectivity index is 1.42. The van der Waals surface area contributed by atoms with E-state index >= 15 is 0 Å². The normalized spacial score (nSPS) is 37.0. The van der Waals surface area contributed by atoms with Crippen LogP contribution in [0.3, 0.4) is 0 Å². The van der Waals surface area contributed by atoms with E-state index in [1.54, 1.807) is 6.07 Å². The van der Waals surface area contributed by atoms with Gasteiger partial charge in [-0.05, 0) is 84.6 Å². The van der Waals surface area contributed by atoms with Crippen molar-refractivity contribution in [2.45, 2.75) is 71.0 Å². The molecule has 1 saturated heterocycles. The van der Waals surface area contributed by atoms with E-state index in [2.05, 4.69) is 61.2 Å². The van der Waals surface area contributed by atoms with Crippen LogP contribution >= 0.6 is 0 Å². The van der Waals surface area contributed by atoms with E-state index in [1.807, 2.05) is 19.2 Å². The molecule has 1 amide bonds. The Morgan fingerprint density at radius 3 is 2.70 bits per heavy atom. The van der Waals surface area contributed by atoms with Gasteiger partial charge in [0.2, 0.25) is 0 Å². The molecule has 8 heteroatoms. The van der Waals surface area contributed by atoms with Gasteiger partial charge in [0.15, 0.2) is 0 Å². The second-order valence-electron chi connectivity index (χ2n) is 13.8. The lowest BCUT2D eigenvalue weighted by Gasteiger charge is -2.42. The number of aryl methyl sites for hydroxylation is 1. The average Bonchev–Trinajstić information content (AvgIpc) is 3.29. The summed E-state index contributed by atoms with van der Waals surface area (Å²) < 4.78 is 36.5. The third-order valence-electron chi connectivity index (χ3n) is 10.9. The predicted molar refractivity (Wildman–Crippen MR) is 172 cm³/mol. The summed E-state index contributed by atoms with van der Waals surface area (Å²) >= 11 is 0. The van der Waals surface area contributed by atoms with Crippen LogP contribution in [0.4, 0.5) is 5.69 Å². The van der Waals surface area contributed by atoms with Gasteiger partial charge in [0.25, 0.3) is 5.91 Å². The molecule has 0 radical (unpaired) electrons. The van der Waals surface area contributed by atoms with Crippen molar-refractivity contribution in [2.24, 2.45) is 34.0 Å². The number of nitrogens with zero attached hydrogens (tertiary/aromatic N) is 2. The van der Waals surface area contributed by atoms with Crippen molar-refractivity contribution >= 4 is 22.2 Å². The van der Waals surface area contributed by atoms with E-state index < -0.39 is 16.5 Å². The summed E-state index contributed by atoms with van der Waals surface area (Å²) in [5, 5.41) is 0. The highest BCUT2D eigenvalue weighted by Gasteiger charge is 2.44. The van der Waals surface area contributed by atoms with Gasteiger partial charge in [-0.15, -0.1) is 0 Å². The fourth-order valence-corrected chi connectivity index (χ4v) is 9.33. The zero-order chi connectivity index (χ0) is 30.3. The molecular weight excluding hydrogens is 560 g/mol. The highest BCUT2D eigenvalue weighted by molar-refractivity contribution is 7.75. The third kappa shape index (κ3) is 5.99. The fraction of sp³-hybridized carbons (Fsp3) is 0.629. The van der Waals surface area contributed by atoms with E-state index in [1.165, 1.54) is 11.1 Å². The number of methoxy groups -OCH3 is 1. The van der Waals surface area contributed by atoms with Crippen molar-refractivity contribution in [3.8, 4) is 5.75 Å². The summed E-state index contributed by atoms with van der Waals surface area (Å²) in [5.74, 6) is 2.02. The number of carbonyl (C=O) groups excluding carboxylic acids is 1. The quantitative estimate of drug-likeness (QED) is 0.404. The van der Waals surface area contributed by atoms with Crippen LogP contribution in [0, 0.1) is 29.6 Å². The Labute approximate surface area is 258 Å². The Morgan fingerprint density at radius 2 is 1.88 bits per heavy atom. The molecule has 1 unspecified atom stereocenters. The van der Waals surface area contributed by atoms with Gasteiger partial charge in [0.05, 0.1) is 24.5 Å². The molecule has 9 atom stereocenters. The lowest BCUT2D eigenvalue weighted by Crippen LogP contribution is -2.47. The molecular formula is C35H48N2O5S. The maximum atomic E-state index is 13.4. The van der Waals surface area contributed by atoms with Crippen LogP contribution in [0.15, 0.2) is 46.8 Å². The van der Waals surface area contributed by atoms with Crippen molar-refractivity contribution in [2.75, 3.05) is 44.1 Å². The number of carbonyl (C=O) groups is 1. The minimum Gasteiger partial charge on any atom is -0.490 e. The second-order valence-corrected chi connectivity index (χ2v) is 15.1. The maximum Gasteiger partial charge on any atom is 0.284 e. The second kappa shape index (κ2) is 12.5. The molecule has 0 N–H and O–H groups in total. The molecule has 3 aliphatic heterocycles. The molecule has 234 valence electrons. The van der Waals surface area contributed by atoms with Crippen LogP contribution in [-0.4, -0.2) is 61.5 Å². The SMILES string of the molecule is CO[C@H]1C[C@@H]2[C@H](OC[C@@H]2C)[C@H](C)C/[SH](=O)=N\C(=O)c2ccc3c(c2)N(C[C@H](C)[C@H]1C)C[C@@]1(CCCc2ccccc21)CO3. The molecule has 43 heavy (non-hydrogen) atoms. The molecule has 2 aromatic carbocycles. The van der Waals surface area contributed by atoms with Crippen LogP contribution in [0.5, 0.6) is 5.75 Å². The lowest BCUT2D eigenvalue weighted by molar-refractivity contribution is -0.00429. The van der Waals surface area contributed by atoms with Gasteiger partial charge in [-0.1, -0.05) is 52.0 Å². The van der Waals surface area contributed by atoms with Crippen LogP contribution < -0.4 is 9.64 Å². The highest BCUT2D eigenvalue weighted by Crippen LogP contribution is 2.45. The monoisotopic (exact) mass is 608 g/mol. The standard InChI is InChI=1S/C35H48N2O5S/c1-22-17-37-20-35(14-8-10-26-9-6-7-11-29(26)35)21-42-31-13-12-27(15-30(31)37)34(38)36-43(39)19-24(3)33-28(23(2)18-41-33)16-32(40-5)25(22)4/h6-7,9,11-13,15,22-25,28,32-33,43H,8,10,14,16-21H2,1-5H3/t22-,23-,24+,25+,28-,32-,33+,35-/m0/s1. The van der Waals surface area contributed by atoms with Gasteiger partial charge in [0, 0.05) is 54.1 Å². The first-order valence-electron chi connectivity index (χ1n) is 16.1. The molecule has 1 aliphatic carbocycles. The summed E-state index contributed by atoms with van der Waals surface area (Å²) in [6, 6.07) is 14.4. The maximum absolute atomic E-state index is 13.4. The Hall–Kier alpha value is -2.42. The van der Waals surface area contributed by atoms with Crippen LogP contribution in [-0.2, 0) is 31.9 Å². The molecule has 4 aliphatic rings. The Morgan fingerprint density at radius 1 is 1.07 bits per heavy atom. The van der Waals surface area contributed by atoms with Crippen LogP contribution in [0.25, 0.3) is 0 Å². The third-order valence-corrected chi connectivity index (χ3v) is 12.2. The van der Waals surface area contributed by atoms with Crippen LogP contribution in [0.1, 0.15) is 68.4 Å². The van der Waals surface area contributed by atoms with Gasteiger partial charge < -0.3 is 19.1 Å². The van der Waals surface area contributed by atoms with Gasteiger partial charge in [-0.25, -0.2) is 0 Å². The van der Waals surface area contributed by atoms with Crippen molar-refractivity contribution in [1.82, 2.24) is 0 Å². The van der Waals surface area contributed by atoms with Crippen molar-refractivity contribution < 1.29 is 23.2 Å². The molecule has 6 rings (SSSR count). The summed E-state index contributed by atoms with van der Waals surface area (Å²) in [7, 11) is -0.230. The number of hydrogen-bond acceptors (Lipinski definition) is 6. The topological polar surface area (TPSA) is 77.4 Å². The fourth-order valence-electron chi connectivity index (χ4n) is 8.23. The molecule has 1 spiro atoms. The number of rotatable bonds is 1. The van der Waals surface area contributed by atoms with E-state index in [4.69, 9.17) is 14.2 Å². The first kappa shape index (κ1) is 30.6. The average molecular weight is 609 g/mol. The van der Waals surface area contributed by atoms with Crippen molar-refractivity contribution in [3.05, 3.63) is 59.2 Å².